The molecule has 0 unspecified atom stereocenters. The monoisotopic (exact) mass is 484 g/mol. The number of carbonyl (C=O) groups is 2. The highest BCUT2D eigenvalue weighted by atomic mass is 19.1. The molecule has 2 aliphatic rings. The Morgan fingerprint density at radius 3 is 1.94 bits per heavy atom. The van der Waals surface area contributed by atoms with Crippen molar-refractivity contribution >= 4 is 17.5 Å². The molecule has 2 fully saturated rings. The van der Waals surface area contributed by atoms with Crippen molar-refractivity contribution in [3.05, 3.63) is 65.7 Å². The largest absolute Gasteiger partial charge is 0.334 e. The second-order valence-electron chi connectivity index (χ2n) is 9.55. The Kier molecular flexibility index (Phi) is 8.82. The molecule has 2 amide bonds. The van der Waals surface area contributed by atoms with Crippen LogP contribution in [-0.2, 0) is 16.1 Å². The summed E-state index contributed by atoms with van der Waals surface area (Å²) in [6, 6.07) is 12.4. The highest BCUT2D eigenvalue weighted by Crippen LogP contribution is 2.25. The van der Waals surface area contributed by atoms with E-state index in [1.807, 2.05) is 4.90 Å². The van der Waals surface area contributed by atoms with E-state index in [9.17, 15) is 18.4 Å². The van der Waals surface area contributed by atoms with Crippen LogP contribution in [0.3, 0.4) is 0 Å². The van der Waals surface area contributed by atoms with Gasteiger partial charge in [0.1, 0.15) is 11.6 Å². The normalized spacial score (nSPS) is 17.8. The molecule has 188 valence electrons. The molecular weight excluding hydrogens is 450 g/mol. The van der Waals surface area contributed by atoms with Crippen LogP contribution in [0.2, 0.25) is 0 Å². The third-order valence-corrected chi connectivity index (χ3v) is 6.92. The molecule has 4 rings (SSSR count). The number of hydrogen-bond donors (Lipinski definition) is 1. The first-order valence-electron chi connectivity index (χ1n) is 12.5. The summed E-state index contributed by atoms with van der Waals surface area (Å²) in [4.78, 5) is 31.9. The molecule has 2 aromatic carbocycles. The summed E-state index contributed by atoms with van der Waals surface area (Å²) < 4.78 is 26.4. The molecule has 0 spiro atoms. The SMILES string of the molecule is O=C(CN1CCN(CC(=O)N(Cc2ccc(F)cc2)C2CCCCC2)CC1)Nc1ccc(F)cc1. The van der Waals surface area contributed by atoms with Gasteiger partial charge in [-0.2, -0.15) is 0 Å². The van der Waals surface area contributed by atoms with E-state index in [0.29, 0.717) is 45.0 Å². The van der Waals surface area contributed by atoms with E-state index in [4.69, 9.17) is 0 Å². The van der Waals surface area contributed by atoms with Gasteiger partial charge in [-0.25, -0.2) is 8.78 Å². The molecular formula is C27H34F2N4O2. The number of rotatable bonds is 8. The van der Waals surface area contributed by atoms with E-state index < -0.39 is 0 Å². The van der Waals surface area contributed by atoms with Crippen LogP contribution < -0.4 is 5.32 Å². The average Bonchev–Trinajstić information content (AvgIpc) is 2.87. The summed E-state index contributed by atoms with van der Waals surface area (Å²) in [5, 5.41) is 2.79. The number of benzene rings is 2. The molecule has 35 heavy (non-hydrogen) atoms. The summed E-state index contributed by atoms with van der Waals surface area (Å²) in [6.07, 6.45) is 5.52. The highest BCUT2D eigenvalue weighted by Gasteiger charge is 2.28. The number of nitrogens with one attached hydrogen (secondary N) is 1. The topological polar surface area (TPSA) is 55.9 Å². The van der Waals surface area contributed by atoms with Crippen LogP contribution in [0.25, 0.3) is 0 Å². The van der Waals surface area contributed by atoms with Crippen LogP contribution >= 0.6 is 0 Å². The smallest absolute Gasteiger partial charge is 0.238 e. The minimum Gasteiger partial charge on any atom is -0.334 e. The molecule has 0 aromatic heterocycles. The lowest BCUT2D eigenvalue weighted by atomic mass is 9.93. The Bertz CT molecular complexity index is 970. The molecule has 1 aliphatic heterocycles. The van der Waals surface area contributed by atoms with Crippen LogP contribution in [0, 0.1) is 11.6 Å². The Morgan fingerprint density at radius 2 is 1.34 bits per heavy atom. The van der Waals surface area contributed by atoms with Gasteiger partial charge in [-0.05, 0) is 54.8 Å². The zero-order chi connectivity index (χ0) is 24.6. The van der Waals surface area contributed by atoms with Crippen LogP contribution in [0.15, 0.2) is 48.5 Å². The number of halogens is 2. The summed E-state index contributed by atoms with van der Waals surface area (Å²) in [6.45, 7) is 3.95. The molecule has 1 N–H and O–H groups in total. The van der Waals surface area contributed by atoms with Gasteiger partial charge in [-0.3, -0.25) is 19.4 Å². The lowest BCUT2D eigenvalue weighted by molar-refractivity contribution is -0.136. The number of anilines is 1. The fourth-order valence-electron chi connectivity index (χ4n) is 4.92. The number of nitrogens with zero attached hydrogens (tertiary/aromatic N) is 3. The van der Waals surface area contributed by atoms with Gasteiger partial charge in [-0.1, -0.05) is 31.4 Å². The Balaban J connectivity index is 1.27. The Morgan fingerprint density at radius 1 is 0.800 bits per heavy atom. The minimum absolute atomic E-state index is 0.115. The van der Waals surface area contributed by atoms with Crippen molar-refractivity contribution in [2.45, 2.75) is 44.7 Å². The Labute approximate surface area is 205 Å². The zero-order valence-electron chi connectivity index (χ0n) is 20.1. The van der Waals surface area contributed by atoms with E-state index in [1.165, 1.54) is 30.7 Å². The second kappa shape index (κ2) is 12.2. The van der Waals surface area contributed by atoms with Crippen LogP contribution in [-0.4, -0.2) is 71.8 Å². The van der Waals surface area contributed by atoms with Gasteiger partial charge in [0.25, 0.3) is 0 Å². The number of carbonyl (C=O) groups excluding carboxylic acids is 2. The first kappa shape index (κ1) is 25.3. The number of amides is 2. The maximum atomic E-state index is 13.4. The first-order chi connectivity index (χ1) is 17.0. The average molecular weight is 485 g/mol. The third-order valence-electron chi connectivity index (χ3n) is 6.92. The van der Waals surface area contributed by atoms with Crippen molar-refractivity contribution < 1.29 is 18.4 Å². The predicted octanol–water partition coefficient (Wildman–Crippen LogP) is 3.88. The fraction of sp³-hybridized carbons (Fsp3) is 0.481. The molecule has 0 radical (unpaired) electrons. The lowest BCUT2D eigenvalue weighted by Gasteiger charge is -2.38. The Hall–Kier alpha value is -2.84. The first-order valence-corrected chi connectivity index (χ1v) is 12.5. The van der Waals surface area contributed by atoms with Crippen LogP contribution in [0.5, 0.6) is 0 Å². The molecule has 6 nitrogen and oxygen atoms in total. The highest BCUT2D eigenvalue weighted by molar-refractivity contribution is 5.92. The van der Waals surface area contributed by atoms with Gasteiger partial charge in [0.2, 0.25) is 11.8 Å². The van der Waals surface area contributed by atoms with Crippen molar-refractivity contribution in [3.8, 4) is 0 Å². The molecule has 0 bridgehead atoms. The van der Waals surface area contributed by atoms with Crippen molar-refractivity contribution in [2.24, 2.45) is 0 Å². The van der Waals surface area contributed by atoms with Gasteiger partial charge in [0, 0.05) is 44.5 Å². The lowest BCUT2D eigenvalue weighted by Crippen LogP contribution is -2.52. The van der Waals surface area contributed by atoms with Gasteiger partial charge in [0.05, 0.1) is 13.1 Å². The summed E-state index contributed by atoms with van der Waals surface area (Å²) in [5.41, 5.74) is 1.52. The van der Waals surface area contributed by atoms with Gasteiger partial charge >= 0.3 is 0 Å². The van der Waals surface area contributed by atoms with E-state index >= 15 is 0 Å². The molecule has 1 saturated carbocycles. The van der Waals surface area contributed by atoms with E-state index in [1.54, 1.807) is 24.3 Å². The summed E-state index contributed by atoms with van der Waals surface area (Å²) in [5.74, 6) is -0.630. The van der Waals surface area contributed by atoms with E-state index in [-0.39, 0.29) is 36.0 Å². The maximum absolute atomic E-state index is 13.4. The second-order valence-corrected chi connectivity index (χ2v) is 9.55. The summed E-state index contributed by atoms with van der Waals surface area (Å²) >= 11 is 0. The van der Waals surface area contributed by atoms with Crippen molar-refractivity contribution in [3.63, 3.8) is 0 Å². The number of hydrogen-bond acceptors (Lipinski definition) is 4. The summed E-state index contributed by atoms with van der Waals surface area (Å²) in [7, 11) is 0. The fourth-order valence-corrected chi connectivity index (χ4v) is 4.92. The maximum Gasteiger partial charge on any atom is 0.238 e. The molecule has 1 heterocycles. The van der Waals surface area contributed by atoms with Gasteiger partial charge in [-0.15, -0.1) is 0 Å². The molecule has 0 atom stereocenters. The van der Waals surface area contributed by atoms with Gasteiger partial charge in [0.15, 0.2) is 0 Å². The third kappa shape index (κ3) is 7.57. The van der Waals surface area contributed by atoms with Crippen molar-refractivity contribution in [1.29, 1.82) is 0 Å². The molecule has 1 saturated heterocycles. The minimum atomic E-state index is -0.339. The van der Waals surface area contributed by atoms with E-state index in [0.717, 1.165) is 31.2 Å². The van der Waals surface area contributed by atoms with Gasteiger partial charge < -0.3 is 10.2 Å². The van der Waals surface area contributed by atoms with Crippen molar-refractivity contribution in [2.75, 3.05) is 44.6 Å². The van der Waals surface area contributed by atoms with Crippen LogP contribution in [0.4, 0.5) is 14.5 Å². The number of piperazine rings is 1. The molecule has 1 aliphatic carbocycles. The standard InChI is InChI=1S/C27H34F2N4O2/c28-22-8-6-21(7-9-22)18-33(25-4-2-1-3-5-25)27(35)20-32-16-14-31(15-17-32)19-26(34)30-24-12-10-23(29)11-13-24/h6-13,25H,1-5,14-20H2,(H,30,34). The quantitative estimate of drug-likeness (QED) is 0.618. The predicted molar refractivity (Wildman–Crippen MR) is 132 cm³/mol. The molecule has 8 heteroatoms. The van der Waals surface area contributed by atoms with Crippen LogP contribution in [0.1, 0.15) is 37.7 Å². The van der Waals surface area contributed by atoms with E-state index in [2.05, 4.69) is 15.1 Å². The molecule has 2 aromatic rings. The van der Waals surface area contributed by atoms with Crippen molar-refractivity contribution in [1.82, 2.24) is 14.7 Å². The zero-order valence-corrected chi connectivity index (χ0v) is 20.1.